The monoisotopic (exact) mass is 202 g/mol. The lowest BCUT2D eigenvalue weighted by Crippen LogP contribution is -2.03. The van der Waals surface area contributed by atoms with E-state index in [1.54, 1.807) is 0 Å². The minimum atomic E-state index is 0.154. The number of hydrogen-bond acceptors (Lipinski definition) is 1. The fourth-order valence-corrected chi connectivity index (χ4v) is 1.19. The Bertz CT molecular complexity index is 311. The maximum atomic E-state index is 5.65. The van der Waals surface area contributed by atoms with Gasteiger partial charge in [-0.25, -0.2) is 0 Å². The van der Waals surface area contributed by atoms with Gasteiger partial charge in [0.2, 0.25) is 0 Å². The summed E-state index contributed by atoms with van der Waals surface area (Å²) in [5.41, 5.74) is 1.21. The SMILES string of the molecule is C/C=C\C=C/C(C)OCc1ccccc1. The van der Waals surface area contributed by atoms with Crippen molar-refractivity contribution in [2.24, 2.45) is 0 Å². The summed E-state index contributed by atoms with van der Waals surface area (Å²) in [6.07, 6.45) is 8.21. The fraction of sp³-hybridized carbons (Fsp3) is 0.286. The van der Waals surface area contributed by atoms with Crippen molar-refractivity contribution in [3.05, 3.63) is 60.2 Å². The molecular formula is C14H18O. The summed E-state index contributed by atoms with van der Waals surface area (Å²) >= 11 is 0. The van der Waals surface area contributed by atoms with Gasteiger partial charge in [0.25, 0.3) is 0 Å². The molecule has 1 heteroatoms. The van der Waals surface area contributed by atoms with Gasteiger partial charge in [-0.1, -0.05) is 54.6 Å². The van der Waals surface area contributed by atoms with E-state index in [4.69, 9.17) is 4.74 Å². The van der Waals surface area contributed by atoms with E-state index in [0.29, 0.717) is 6.61 Å². The Morgan fingerprint density at radius 3 is 2.60 bits per heavy atom. The Morgan fingerprint density at radius 2 is 1.93 bits per heavy atom. The Kier molecular flexibility index (Phi) is 5.49. The van der Waals surface area contributed by atoms with Crippen molar-refractivity contribution in [2.45, 2.75) is 26.6 Å². The van der Waals surface area contributed by atoms with Crippen LogP contribution in [0.15, 0.2) is 54.6 Å². The third kappa shape index (κ3) is 5.18. The Hall–Kier alpha value is -1.34. The zero-order chi connectivity index (χ0) is 10.9. The van der Waals surface area contributed by atoms with Crippen molar-refractivity contribution >= 4 is 0 Å². The molecule has 0 spiro atoms. The molecule has 15 heavy (non-hydrogen) atoms. The lowest BCUT2D eigenvalue weighted by atomic mass is 10.2. The molecule has 0 bridgehead atoms. The summed E-state index contributed by atoms with van der Waals surface area (Å²) in [5, 5.41) is 0. The Balaban J connectivity index is 2.31. The zero-order valence-electron chi connectivity index (χ0n) is 9.39. The molecular weight excluding hydrogens is 184 g/mol. The highest BCUT2D eigenvalue weighted by molar-refractivity contribution is 5.13. The van der Waals surface area contributed by atoms with Gasteiger partial charge in [-0.05, 0) is 19.4 Å². The number of ether oxygens (including phenoxy) is 1. The number of rotatable bonds is 5. The molecule has 0 radical (unpaired) electrons. The highest BCUT2D eigenvalue weighted by Gasteiger charge is 1.96. The van der Waals surface area contributed by atoms with Gasteiger partial charge in [0.05, 0.1) is 12.7 Å². The highest BCUT2D eigenvalue weighted by atomic mass is 16.5. The molecule has 1 aromatic rings. The molecule has 1 atom stereocenters. The van der Waals surface area contributed by atoms with Gasteiger partial charge in [-0.3, -0.25) is 0 Å². The molecule has 80 valence electrons. The molecule has 0 saturated carbocycles. The minimum absolute atomic E-state index is 0.154. The first-order valence-corrected chi connectivity index (χ1v) is 5.28. The van der Waals surface area contributed by atoms with Crippen LogP contribution in [0.5, 0.6) is 0 Å². The van der Waals surface area contributed by atoms with Crippen LogP contribution >= 0.6 is 0 Å². The molecule has 1 aromatic carbocycles. The van der Waals surface area contributed by atoms with Crippen LogP contribution < -0.4 is 0 Å². The van der Waals surface area contributed by atoms with Crippen molar-refractivity contribution in [3.63, 3.8) is 0 Å². The van der Waals surface area contributed by atoms with Crippen molar-refractivity contribution in [1.29, 1.82) is 0 Å². The first-order valence-electron chi connectivity index (χ1n) is 5.28. The Labute approximate surface area is 92.1 Å². The smallest absolute Gasteiger partial charge is 0.0735 e. The van der Waals surface area contributed by atoms with E-state index in [1.165, 1.54) is 5.56 Å². The predicted molar refractivity (Wildman–Crippen MR) is 64.6 cm³/mol. The number of allylic oxidation sites excluding steroid dienone is 3. The van der Waals surface area contributed by atoms with Crippen LogP contribution in [0.25, 0.3) is 0 Å². The van der Waals surface area contributed by atoms with E-state index in [-0.39, 0.29) is 6.10 Å². The fourth-order valence-electron chi connectivity index (χ4n) is 1.19. The molecule has 0 aliphatic heterocycles. The summed E-state index contributed by atoms with van der Waals surface area (Å²) in [6, 6.07) is 10.2. The highest BCUT2D eigenvalue weighted by Crippen LogP contribution is 2.03. The molecule has 0 aliphatic rings. The summed E-state index contributed by atoms with van der Waals surface area (Å²) in [6.45, 7) is 4.71. The van der Waals surface area contributed by atoms with Gasteiger partial charge in [-0.2, -0.15) is 0 Å². The lowest BCUT2D eigenvalue weighted by molar-refractivity contribution is 0.0841. The van der Waals surface area contributed by atoms with Crippen LogP contribution in [-0.4, -0.2) is 6.10 Å². The summed E-state index contributed by atoms with van der Waals surface area (Å²) in [4.78, 5) is 0. The molecule has 0 aliphatic carbocycles. The second-order valence-corrected chi connectivity index (χ2v) is 3.41. The molecule has 0 heterocycles. The van der Waals surface area contributed by atoms with E-state index < -0.39 is 0 Å². The quantitative estimate of drug-likeness (QED) is 0.661. The molecule has 0 aromatic heterocycles. The maximum Gasteiger partial charge on any atom is 0.0735 e. The predicted octanol–water partition coefficient (Wildman–Crippen LogP) is 3.72. The third-order valence-corrected chi connectivity index (χ3v) is 2.04. The number of benzene rings is 1. The normalized spacial score (nSPS) is 13.7. The molecule has 1 rings (SSSR count). The van der Waals surface area contributed by atoms with Gasteiger partial charge in [0.1, 0.15) is 0 Å². The third-order valence-electron chi connectivity index (χ3n) is 2.04. The summed E-state index contributed by atoms with van der Waals surface area (Å²) in [5.74, 6) is 0. The second kappa shape index (κ2) is 7.02. The first kappa shape index (κ1) is 11.7. The van der Waals surface area contributed by atoms with Crippen LogP contribution in [0.2, 0.25) is 0 Å². The first-order chi connectivity index (χ1) is 7.33. The summed E-state index contributed by atoms with van der Waals surface area (Å²) < 4.78 is 5.65. The van der Waals surface area contributed by atoms with Gasteiger partial charge in [0, 0.05) is 0 Å². The van der Waals surface area contributed by atoms with Crippen LogP contribution in [0.3, 0.4) is 0 Å². The van der Waals surface area contributed by atoms with Crippen molar-refractivity contribution in [1.82, 2.24) is 0 Å². The topological polar surface area (TPSA) is 9.23 Å². The largest absolute Gasteiger partial charge is 0.370 e. The van der Waals surface area contributed by atoms with E-state index >= 15 is 0 Å². The van der Waals surface area contributed by atoms with Gasteiger partial charge >= 0.3 is 0 Å². The lowest BCUT2D eigenvalue weighted by Gasteiger charge is -2.08. The number of hydrogen-bond donors (Lipinski definition) is 0. The van der Waals surface area contributed by atoms with Crippen LogP contribution in [-0.2, 0) is 11.3 Å². The zero-order valence-corrected chi connectivity index (χ0v) is 9.39. The molecule has 0 N–H and O–H groups in total. The standard InChI is InChI=1S/C14H18O/c1-3-4-6-9-13(2)15-12-14-10-7-5-8-11-14/h3-11,13H,12H2,1-2H3/b4-3-,9-6-. The molecule has 0 fully saturated rings. The van der Waals surface area contributed by atoms with E-state index in [9.17, 15) is 0 Å². The van der Waals surface area contributed by atoms with E-state index in [2.05, 4.69) is 12.1 Å². The maximum absolute atomic E-state index is 5.65. The van der Waals surface area contributed by atoms with Crippen molar-refractivity contribution in [3.8, 4) is 0 Å². The van der Waals surface area contributed by atoms with Crippen molar-refractivity contribution < 1.29 is 4.74 Å². The molecule has 1 unspecified atom stereocenters. The molecule has 0 amide bonds. The molecule has 1 nitrogen and oxygen atoms in total. The Morgan fingerprint density at radius 1 is 1.20 bits per heavy atom. The average Bonchev–Trinajstić information content (AvgIpc) is 2.28. The molecule has 0 saturated heterocycles. The van der Waals surface area contributed by atoms with Gasteiger partial charge in [0.15, 0.2) is 0 Å². The van der Waals surface area contributed by atoms with Gasteiger partial charge < -0.3 is 4.74 Å². The van der Waals surface area contributed by atoms with E-state index in [0.717, 1.165) is 0 Å². The van der Waals surface area contributed by atoms with Gasteiger partial charge in [-0.15, -0.1) is 0 Å². The van der Waals surface area contributed by atoms with E-state index in [1.807, 2.05) is 56.4 Å². The minimum Gasteiger partial charge on any atom is -0.370 e. The van der Waals surface area contributed by atoms with Crippen LogP contribution in [0, 0.1) is 0 Å². The van der Waals surface area contributed by atoms with Crippen molar-refractivity contribution in [2.75, 3.05) is 0 Å². The van der Waals surface area contributed by atoms with Crippen LogP contribution in [0.4, 0.5) is 0 Å². The second-order valence-electron chi connectivity index (χ2n) is 3.41. The summed E-state index contributed by atoms with van der Waals surface area (Å²) in [7, 11) is 0. The average molecular weight is 202 g/mol. The van der Waals surface area contributed by atoms with Crippen LogP contribution in [0.1, 0.15) is 19.4 Å².